The number of hydrogen-bond donors (Lipinski definition) is 1. The van der Waals surface area contributed by atoms with Crippen LogP contribution >= 0.6 is 0 Å². The van der Waals surface area contributed by atoms with E-state index in [0.717, 1.165) is 45.1 Å². The molecule has 0 aromatic heterocycles. The number of ether oxygens (including phenoxy) is 1. The van der Waals surface area contributed by atoms with E-state index in [4.69, 9.17) is 9.16 Å². The maximum absolute atomic E-state index is 11.7. The van der Waals surface area contributed by atoms with Crippen molar-refractivity contribution >= 4 is 14.3 Å². The highest BCUT2D eigenvalue weighted by Crippen LogP contribution is 2.63. The molecular weight excluding hydrogens is 428 g/mol. The van der Waals surface area contributed by atoms with Crippen LogP contribution in [-0.2, 0) is 14.0 Å². The molecule has 0 saturated heterocycles. The molecule has 190 valence electrons. The van der Waals surface area contributed by atoms with E-state index in [1.54, 1.807) is 0 Å². The quantitative estimate of drug-likeness (QED) is 0.261. The van der Waals surface area contributed by atoms with Gasteiger partial charge in [-0.3, -0.25) is 4.79 Å². The zero-order valence-corrected chi connectivity index (χ0v) is 23.6. The van der Waals surface area contributed by atoms with Crippen LogP contribution in [0, 0.1) is 34.5 Å². The van der Waals surface area contributed by atoms with Crippen molar-refractivity contribution in [2.24, 2.45) is 34.5 Å². The van der Waals surface area contributed by atoms with Crippen molar-refractivity contribution in [3.8, 4) is 0 Å². The van der Waals surface area contributed by atoms with Crippen LogP contribution in [-0.4, -0.2) is 38.7 Å². The smallest absolute Gasteiger partial charge is 0.302 e. The predicted octanol–water partition coefficient (Wildman–Crippen LogP) is 6.74. The zero-order chi connectivity index (χ0) is 24.8. The Bertz CT molecular complexity index is 741. The van der Waals surface area contributed by atoms with Crippen LogP contribution < -0.4 is 0 Å². The lowest BCUT2D eigenvalue weighted by atomic mass is 9.49. The number of hydrogen-bond acceptors (Lipinski definition) is 4. The Hall–Kier alpha value is -0.653. The van der Waals surface area contributed by atoms with Gasteiger partial charge in [-0.05, 0) is 97.6 Å². The van der Waals surface area contributed by atoms with E-state index in [2.05, 4.69) is 54.3 Å². The van der Waals surface area contributed by atoms with Crippen molar-refractivity contribution in [3.63, 3.8) is 0 Å². The summed E-state index contributed by atoms with van der Waals surface area (Å²) < 4.78 is 12.5. The van der Waals surface area contributed by atoms with Crippen LogP contribution in [0.15, 0.2) is 12.2 Å². The average molecular weight is 479 g/mol. The third-order valence-electron chi connectivity index (χ3n) is 10.7. The highest BCUT2D eigenvalue weighted by Gasteiger charge is 2.57. The van der Waals surface area contributed by atoms with Crippen molar-refractivity contribution < 1.29 is 19.1 Å². The zero-order valence-electron chi connectivity index (χ0n) is 22.6. The second-order valence-corrected chi connectivity index (χ2v) is 18.2. The molecule has 3 unspecified atom stereocenters. The van der Waals surface area contributed by atoms with Gasteiger partial charge in [0.2, 0.25) is 0 Å². The Morgan fingerprint density at radius 2 is 1.82 bits per heavy atom. The first kappa shape index (κ1) is 26.9. The normalized spacial score (nSPS) is 39.9. The number of carbonyl (C=O) groups excluding carboxylic acids is 1. The monoisotopic (exact) mass is 478 g/mol. The largest absolute Gasteiger partial charge is 0.463 e. The Balaban J connectivity index is 1.88. The van der Waals surface area contributed by atoms with Gasteiger partial charge in [0.1, 0.15) is 6.10 Å². The third-order valence-corrected chi connectivity index (χ3v) is 15.2. The fourth-order valence-electron chi connectivity index (χ4n) is 7.26. The number of rotatable bonds is 6. The second-order valence-electron chi connectivity index (χ2n) is 13.4. The number of allylic oxidation sites excluding steroid dienone is 1. The molecule has 0 aliphatic heterocycles. The van der Waals surface area contributed by atoms with Crippen LogP contribution in [0.4, 0.5) is 0 Å². The maximum atomic E-state index is 11.7. The van der Waals surface area contributed by atoms with Gasteiger partial charge >= 0.3 is 5.97 Å². The molecule has 0 spiro atoms. The topological polar surface area (TPSA) is 55.8 Å². The van der Waals surface area contributed by atoms with Gasteiger partial charge in [-0.1, -0.05) is 46.8 Å². The molecular formula is C28H50O4Si. The minimum absolute atomic E-state index is 0.0173. The van der Waals surface area contributed by atoms with Gasteiger partial charge < -0.3 is 14.3 Å². The van der Waals surface area contributed by atoms with E-state index in [-0.39, 0.29) is 34.5 Å². The van der Waals surface area contributed by atoms with Gasteiger partial charge in [-0.2, -0.15) is 0 Å². The van der Waals surface area contributed by atoms with Crippen molar-refractivity contribution in [2.75, 3.05) is 13.2 Å². The number of esters is 1. The fraction of sp³-hybridized carbons (Fsp3) is 0.893. The van der Waals surface area contributed by atoms with Crippen LogP contribution in [0.3, 0.4) is 0 Å². The Kier molecular flexibility index (Phi) is 7.69. The summed E-state index contributed by atoms with van der Waals surface area (Å²) in [5.74, 6) is 1.46. The van der Waals surface area contributed by atoms with Gasteiger partial charge in [0.05, 0.1) is 0 Å². The van der Waals surface area contributed by atoms with Gasteiger partial charge in [-0.25, -0.2) is 0 Å². The number of aliphatic hydroxyl groups excluding tert-OH is 1. The minimum Gasteiger partial charge on any atom is -0.463 e. The lowest BCUT2D eigenvalue weighted by Gasteiger charge is -2.57. The van der Waals surface area contributed by atoms with Gasteiger partial charge in [0, 0.05) is 20.1 Å². The second kappa shape index (κ2) is 9.42. The Labute approximate surface area is 204 Å². The summed E-state index contributed by atoms with van der Waals surface area (Å²) in [7, 11) is -1.89. The Morgan fingerprint density at radius 1 is 1.15 bits per heavy atom. The van der Waals surface area contributed by atoms with Crippen molar-refractivity contribution in [3.05, 3.63) is 12.2 Å². The van der Waals surface area contributed by atoms with E-state index < -0.39 is 8.32 Å². The van der Waals surface area contributed by atoms with Crippen LogP contribution in [0.1, 0.15) is 86.5 Å². The first-order valence-corrected chi connectivity index (χ1v) is 16.2. The molecule has 0 heterocycles. The van der Waals surface area contributed by atoms with Crippen LogP contribution in [0.2, 0.25) is 18.1 Å². The predicted molar refractivity (Wildman–Crippen MR) is 137 cm³/mol. The standard InChI is InChI=1S/C28H50O4Si/c1-19-10-11-24-23(17-29)25(13-15-27(19,24)6)28(7)14-12-22(32-20(2)30)16-21(28)18-31-33(8,9)26(3,4)5/h21-25,29H,1,10-18H2,2-9H3/t21?,22?,23-,24-,25-,27+,28?/m0/s1. The van der Waals surface area contributed by atoms with Crippen molar-refractivity contribution in [2.45, 2.75) is 111 Å². The van der Waals surface area contributed by atoms with Crippen molar-refractivity contribution in [1.29, 1.82) is 0 Å². The van der Waals surface area contributed by atoms with Gasteiger partial charge in [-0.15, -0.1) is 0 Å². The highest BCUT2D eigenvalue weighted by molar-refractivity contribution is 6.74. The molecule has 5 heteroatoms. The maximum Gasteiger partial charge on any atom is 0.302 e. The molecule has 3 aliphatic carbocycles. The number of aliphatic hydroxyl groups is 1. The molecule has 3 saturated carbocycles. The molecule has 0 bridgehead atoms. The van der Waals surface area contributed by atoms with E-state index in [1.807, 2.05) is 0 Å². The molecule has 33 heavy (non-hydrogen) atoms. The highest BCUT2D eigenvalue weighted by atomic mass is 28.4. The molecule has 0 aromatic rings. The SMILES string of the molecule is C=C1CC[C@H]2[C@H](CO)[C@@H](C3(C)CCC(OC(C)=O)CC3CO[Si](C)(C)C(C)(C)C)CC[C@]12C. The number of carbonyl (C=O) groups is 1. The summed E-state index contributed by atoms with van der Waals surface area (Å²) in [4.78, 5) is 11.7. The molecule has 0 amide bonds. The summed E-state index contributed by atoms with van der Waals surface area (Å²) in [5, 5.41) is 10.8. The van der Waals surface area contributed by atoms with Gasteiger partial charge in [0.25, 0.3) is 0 Å². The summed E-state index contributed by atoms with van der Waals surface area (Å²) >= 11 is 0. The molecule has 1 N–H and O–H groups in total. The summed E-state index contributed by atoms with van der Waals surface area (Å²) in [6.07, 6.45) is 7.38. The lowest BCUT2D eigenvalue weighted by Crippen LogP contribution is -2.53. The first-order chi connectivity index (χ1) is 15.2. The first-order valence-electron chi connectivity index (χ1n) is 13.3. The molecule has 3 aliphatic rings. The van der Waals surface area contributed by atoms with E-state index >= 15 is 0 Å². The summed E-state index contributed by atoms with van der Waals surface area (Å²) in [6, 6.07) is 0. The van der Waals surface area contributed by atoms with E-state index in [0.29, 0.717) is 23.7 Å². The summed E-state index contributed by atoms with van der Waals surface area (Å²) in [6.45, 7) is 23.3. The Morgan fingerprint density at radius 3 is 2.39 bits per heavy atom. The van der Waals surface area contributed by atoms with Crippen LogP contribution in [0.25, 0.3) is 0 Å². The average Bonchev–Trinajstić information content (AvgIpc) is 3.01. The van der Waals surface area contributed by atoms with Crippen molar-refractivity contribution in [1.82, 2.24) is 0 Å². The molecule has 0 aromatic carbocycles. The summed E-state index contributed by atoms with van der Waals surface area (Å²) in [5.41, 5.74) is 1.66. The molecule has 3 fully saturated rings. The molecule has 7 atom stereocenters. The molecule has 3 rings (SSSR count). The minimum atomic E-state index is -1.89. The van der Waals surface area contributed by atoms with E-state index in [1.165, 1.54) is 18.9 Å². The third kappa shape index (κ3) is 5.02. The fourth-order valence-corrected chi connectivity index (χ4v) is 8.31. The molecule has 4 nitrogen and oxygen atoms in total. The van der Waals surface area contributed by atoms with Gasteiger partial charge in [0.15, 0.2) is 8.32 Å². The molecule has 0 radical (unpaired) electrons. The van der Waals surface area contributed by atoms with E-state index in [9.17, 15) is 9.90 Å². The number of fused-ring (bicyclic) bond motifs is 1. The van der Waals surface area contributed by atoms with Crippen LogP contribution in [0.5, 0.6) is 0 Å². The lowest BCUT2D eigenvalue weighted by molar-refractivity contribution is -0.156.